The van der Waals surface area contributed by atoms with Crippen LogP contribution >= 0.6 is 0 Å². The Labute approximate surface area is 216 Å². The molecule has 1 heterocycles. The molecular weight excluding hydrogens is 477 g/mol. The van der Waals surface area contributed by atoms with Crippen LogP contribution < -0.4 is 10.6 Å². The van der Waals surface area contributed by atoms with Crippen molar-refractivity contribution in [1.82, 2.24) is 15.5 Å². The van der Waals surface area contributed by atoms with Crippen molar-refractivity contribution in [2.45, 2.75) is 64.4 Å². The van der Waals surface area contributed by atoms with Crippen LogP contribution in [-0.4, -0.2) is 70.3 Å². The van der Waals surface area contributed by atoms with E-state index in [1.54, 1.807) is 31.2 Å². The number of aromatic hydroxyl groups is 1. The third-order valence-electron chi connectivity index (χ3n) is 6.66. The summed E-state index contributed by atoms with van der Waals surface area (Å²) in [4.78, 5) is 40.3. The van der Waals surface area contributed by atoms with Crippen LogP contribution in [0.15, 0.2) is 48.5 Å². The second-order valence-electron chi connectivity index (χ2n) is 9.98. The Bertz CT molecular complexity index is 1090. The van der Waals surface area contributed by atoms with E-state index in [0.29, 0.717) is 18.0 Å². The number of aliphatic hydroxyl groups is 1. The van der Waals surface area contributed by atoms with E-state index < -0.39 is 42.1 Å². The minimum atomic E-state index is -1.72. The van der Waals surface area contributed by atoms with Crippen LogP contribution in [0.5, 0.6) is 5.75 Å². The summed E-state index contributed by atoms with van der Waals surface area (Å²) >= 11 is 0. The fourth-order valence-electron chi connectivity index (χ4n) is 4.45. The molecule has 0 radical (unpaired) electrons. The number of aliphatic hydroxyl groups excluding tert-OH is 1. The summed E-state index contributed by atoms with van der Waals surface area (Å²) in [5, 5.41) is 26.6. The molecule has 1 aliphatic heterocycles. The van der Waals surface area contributed by atoms with Crippen molar-refractivity contribution in [2.75, 3.05) is 13.1 Å². The summed E-state index contributed by atoms with van der Waals surface area (Å²) in [5.41, 5.74) is 1.32. The molecule has 0 aromatic heterocycles. The molecule has 2 aromatic carbocycles. The maximum atomic E-state index is 14.4. The van der Waals surface area contributed by atoms with Gasteiger partial charge < -0.3 is 25.7 Å². The Morgan fingerprint density at radius 1 is 1.11 bits per heavy atom. The number of nitrogens with zero attached hydrogens (tertiary/aromatic N) is 1. The van der Waals surface area contributed by atoms with Gasteiger partial charge in [-0.15, -0.1) is 0 Å². The predicted octanol–water partition coefficient (Wildman–Crippen LogP) is 2.50. The zero-order valence-electron chi connectivity index (χ0n) is 21.5. The van der Waals surface area contributed by atoms with Gasteiger partial charge in [0, 0.05) is 24.1 Å². The third-order valence-corrected chi connectivity index (χ3v) is 6.66. The fraction of sp³-hybridized carbons (Fsp3) is 0.464. The van der Waals surface area contributed by atoms with Crippen molar-refractivity contribution < 1.29 is 29.0 Å². The van der Waals surface area contributed by atoms with Crippen molar-refractivity contribution in [3.63, 3.8) is 0 Å². The SMILES string of the molecule is Cc1c(O)cccc1C(=O)NC(Cc1ccccc1)C(O)C(=O)N1CC(F)CC1C(=O)NCCC(C)C. The summed E-state index contributed by atoms with van der Waals surface area (Å²) in [6.45, 7) is 5.72. The third kappa shape index (κ3) is 7.29. The topological polar surface area (TPSA) is 119 Å². The molecule has 4 atom stereocenters. The average Bonchev–Trinajstić information content (AvgIpc) is 3.26. The summed E-state index contributed by atoms with van der Waals surface area (Å²) in [6.07, 6.45) is -2.40. The molecule has 200 valence electrons. The highest BCUT2D eigenvalue weighted by atomic mass is 19.1. The first-order valence-corrected chi connectivity index (χ1v) is 12.6. The molecule has 3 rings (SSSR count). The summed E-state index contributed by atoms with van der Waals surface area (Å²) in [7, 11) is 0. The number of carbonyl (C=O) groups is 3. The number of carbonyl (C=O) groups excluding carboxylic acids is 3. The van der Waals surface area contributed by atoms with E-state index in [2.05, 4.69) is 10.6 Å². The molecule has 37 heavy (non-hydrogen) atoms. The first-order valence-electron chi connectivity index (χ1n) is 12.6. The molecule has 2 aromatic rings. The minimum absolute atomic E-state index is 0.0544. The van der Waals surface area contributed by atoms with Crippen molar-refractivity contribution >= 4 is 17.7 Å². The van der Waals surface area contributed by atoms with E-state index >= 15 is 0 Å². The van der Waals surface area contributed by atoms with Crippen LogP contribution in [0.25, 0.3) is 0 Å². The number of phenolic OH excluding ortho intramolecular Hbond substituents is 1. The quantitative estimate of drug-likeness (QED) is 0.389. The Balaban J connectivity index is 1.81. The molecular formula is C28H36FN3O5. The highest BCUT2D eigenvalue weighted by molar-refractivity contribution is 5.97. The van der Waals surface area contributed by atoms with Gasteiger partial charge in [0.1, 0.15) is 18.0 Å². The molecule has 8 nitrogen and oxygen atoms in total. The number of phenols is 1. The van der Waals surface area contributed by atoms with Crippen LogP contribution in [0.3, 0.4) is 0 Å². The standard InChI is InChI=1S/C28H36FN3O5/c1-17(2)12-13-30-27(36)23-15-20(29)16-32(23)28(37)25(34)22(14-19-8-5-4-6-9-19)31-26(35)21-10-7-11-24(33)18(21)3/h4-11,17,20,22-23,25,33-34H,12-16H2,1-3H3,(H,30,36)(H,31,35). The lowest BCUT2D eigenvalue weighted by atomic mass is 9.98. The molecule has 1 aliphatic rings. The Morgan fingerprint density at radius 2 is 1.81 bits per heavy atom. The lowest BCUT2D eigenvalue weighted by Crippen LogP contribution is -2.56. The second kappa shape index (κ2) is 12.7. The predicted molar refractivity (Wildman–Crippen MR) is 138 cm³/mol. The number of benzene rings is 2. The molecule has 4 unspecified atom stereocenters. The van der Waals surface area contributed by atoms with E-state index in [1.807, 2.05) is 19.9 Å². The van der Waals surface area contributed by atoms with Crippen molar-refractivity contribution in [3.05, 3.63) is 65.2 Å². The smallest absolute Gasteiger partial charge is 0.254 e. The number of alkyl halides is 1. The van der Waals surface area contributed by atoms with Gasteiger partial charge in [0.05, 0.1) is 12.6 Å². The van der Waals surface area contributed by atoms with Crippen molar-refractivity contribution in [3.8, 4) is 5.75 Å². The Kier molecular flexibility index (Phi) is 9.63. The van der Waals surface area contributed by atoms with Crippen molar-refractivity contribution in [2.24, 2.45) is 5.92 Å². The number of hydrogen-bond donors (Lipinski definition) is 4. The van der Waals surface area contributed by atoms with Gasteiger partial charge in [-0.25, -0.2) is 4.39 Å². The van der Waals surface area contributed by atoms with Gasteiger partial charge in [-0.05, 0) is 43.4 Å². The summed E-state index contributed by atoms with van der Waals surface area (Å²) in [6, 6.07) is 11.4. The summed E-state index contributed by atoms with van der Waals surface area (Å²) < 4.78 is 14.4. The van der Waals surface area contributed by atoms with Gasteiger partial charge in [0.15, 0.2) is 6.10 Å². The number of likely N-dealkylation sites (tertiary alicyclic amines) is 1. The lowest BCUT2D eigenvalue weighted by molar-refractivity contribution is -0.146. The largest absolute Gasteiger partial charge is 0.508 e. The molecule has 1 saturated heterocycles. The number of rotatable bonds is 10. The maximum Gasteiger partial charge on any atom is 0.254 e. The zero-order valence-corrected chi connectivity index (χ0v) is 21.5. The van der Waals surface area contributed by atoms with Gasteiger partial charge >= 0.3 is 0 Å². The number of amides is 3. The monoisotopic (exact) mass is 513 g/mol. The molecule has 4 N–H and O–H groups in total. The molecule has 9 heteroatoms. The lowest BCUT2D eigenvalue weighted by Gasteiger charge is -2.30. The molecule has 0 aliphatic carbocycles. The van der Waals surface area contributed by atoms with E-state index in [1.165, 1.54) is 18.2 Å². The van der Waals surface area contributed by atoms with E-state index in [4.69, 9.17) is 0 Å². The molecule has 0 bridgehead atoms. The number of halogens is 1. The van der Waals surface area contributed by atoms with E-state index in [9.17, 15) is 29.0 Å². The van der Waals surface area contributed by atoms with Crippen LogP contribution in [-0.2, 0) is 16.0 Å². The summed E-state index contributed by atoms with van der Waals surface area (Å²) in [5.74, 6) is -1.54. The van der Waals surface area contributed by atoms with Gasteiger partial charge in [-0.1, -0.05) is 50.2 Å². The number of hydrogen-bond acceptors (Lipinski definition) is 5. The Morgan fingerprint density at radius 3 is 2.49 bits per heavy atom. The van der Waals surface area contributed by atoms with Gasteiger partial charge in [0.25, 0.3) is 11.8 Å². The average molecular weight is 514 g/mol. The maximum absolute atomic E-state index is 14.4. The normalized spacial score (nSPS) is 18.9. The first kappa shape index (κ1) is 28.1. The van der Waals surface area contributed by atoms with Gasteiger partial charge in [-0.2, -0.15) is 0 Å². The first-order chi connectivity index (χ1) is 17.6. The highest BCUT2D eigenvalue weighted by Crippen LogP contribution is 2.24. The molecule has 1 fully saturated rings. The number of nitrogens with one attached hydrogen (secondary N) is 2. The molecule has 3 amide bonds. The van der Waals surface area contributed by atoms with Gasteiger partial charge in [-0.3, -0.25) is 14.4 Å². The molecule has 0 spiro atoms. The minimum Gasteiger partial charge on any atom is -0.508 e. The van der Waals surface area contributed by atoms with Crippen LogP contribution in [0, 0.1) is 12.8 Å². The molecule has 0 saturated carbocycles. The van der Waals surface area contributed by atoms with E-state index in [0.717, 1.165) is 16.9 Å². The zero-order chi connectivity index (χ0) is 27.1. The fourth-order valence-corrected chi connectivity index (χ4v) is 4.45. The second-order valence-corrected chi connectivity index (χ2v) is 9.98. The van der Waals surface area contributed by atoms with Crippen LogP contribution in [0.2, 0.25) is 0 Å². The highest BCUT2D eigenvalue weighted by Gasteiger charge is 2.43. The van der Waals surface area contributed by atoms with Crippen molar-refractivity contribution in [1.29, 1.82) is 0 Å². The van der Waals surface area contributed by atoms with E-state index in [-0.39, 0.29) is 30.7 Å². The van der Waals surface area contributed by atoms with Gasteiger partial charge in [0.2, 0.25) is 5.91 Å². The Hall–Kier alpha value is -3.46. The van der Waals surface area contributed by atoms with Crippen LogP contribution in [0.4, 0.5) is 4.39 Å². The van der Waals surface area contributed by atoms with Crippen LogP contribution in [0.1, 0.15) is 48.2 Å².